The van der Waals surface area contributed by atoms with Crippen LogP contribution in [0.15, 0.2) is 30.3 Å². The van der Waals surface area contributed by atoms with Crippen LogP contribution in [-0.2, 0) is 0 Å². The summed E-state index contributed by atoms with van der Waals surface area (Å²) in [6, 6.07) is 9.35. The molecule has 1 rings (SSSR count). The second-order valence-electron chi connectivity index (χ2n) is 3.65. The predicted octanol–water partition coefficient (Wildman–Crippen LogP) is 1.94. The average molecular weight is 221 g/mol. The first kappa shape index (κ1) is 12.5. The number of rotatable bonds is 5. The van der Waals surface area contributed by atoms with Crippen LogP contribution in [0, 0.1) is 0 Å². The number of carbonyl (C=O) groups excluding carboxylic acids is 1. The van der Waals surface area contributed by atoms with Crippen LogP contribution in [0.5, 0.6) is 0 Å². The molecule has 88 valence electrons. The molecule has 4 heteroatoms. The van der Waals surface area contributed by atoms with Gasteiger partial charge in [0.25, 0.3) is 0 Å². The van der Waals surface area contributed by atoms with Crippen LogP contribution in [0.1, 0.15) is 19.8 Å². The lowest BCUT2D eigenvalue weighted by atomic mass is 10.1. The van der Waals surface area contributed by atoms with E-state index in [0.717, 1.165) is 18.5 Å². The first-order valence-electron chi connectivity index (χ1n) is 5.59. The van der Waals surface area contributed by atoms with Crippen molar-refractivity contribution in [1.82, 2.24) is 5.32 Å². The van der Waals surface area contributed by atoms with Gasteiger partial charge in [-0.1, -0.05) is 25.1 Å². The van der Waals surface area contributed by atoms with Gasteiger partial charge in [0.2, 0.25) is 0 Å². The Bertz CT molecular complexity index is 313. The Hall–Kier alpha value is -1.55. The van der Waals surface area contributed by atoms with E-state index in [2.05, 4.69) is 10.6 Å². The smallest absolute Gasteiger partial charge is 0.319 e. The fraction of sp³-hybridized carbons (Fsp3) is 0.417. The molecule has 0 aliphatic heterocycles. The lowest BCUT2D eigenvalue weighted by molar-refractivity contribution is 0.247. The molecule has 16 heavy (non-hydrogen) atoms. The second kappa shape index (κ2) is 6.85. The van der Waals surface area contributed by atoms with E-state index in [1.54, 1.807) is 0 Å². The van der Waals surface area contributed by atoms with Crippen LogP contribution in [-0.4, -0.2) is 18.6 Å². The number of urea groups is 1. The van der Waals surface area contributed by atoms with E-state index >= 15 is 0 Å². The monoisotopic (exact) mass is 221 g/mol. The van der Waals surface area contributed by atoms with Crippen molar-refractivity contribution in [2.45, 2.75) is 25.8 Å². The molecule has 4 nitrogen and oxygen atoms in total. The van der Waals surface area contributed by atoms with Gasteiger partial charge in [-0.25, -0.2) is 4.79 Å². The van der Waals surface area contributed by atoms with Gasteiger partial charge in [-0.3, -0.25) is 0 Å². The zero-order valence-corrected chi connectivity index (χ0v) is 9.57. The minimum Gasteiger partial charge on any atom is -0.335 e. The van der Waals surface area contributed by atoms with E-state index in [1.807, 2.05) is 37.3 Å². The van der Waals surface area contributed by atoms with Crippen LogP contribution in [0.25, 0.3) is 0 Å². The van der Waals surface area contributed by atoms with E-state index < -0.39 is 0 Å². The molecule has 1 atom stereocenters. The summed E-state index contributed by atoms with van der Waals surface area (Å²) in [5.74, 6) is 0. The van der Waals surface area contributed by atoms with E-state index in [-0.39, 0.29) is 12.1 Å². The van der Waals surface area contributed by atoms with Gasteiger partial charge in [0.1, 0.15) is 0 Å². The average Bonchev–Trinajstić information content (AvgIpc) is 2.29. The summed E-state index contributed by atoms with van der Waals surface area (Å²) in [4.78, 5) is 11.6. The van der Waals surface area contributed by atoms with Crippen molar-refractivity contribution in [1.29, 1.82) is 0 Å². The highest BCUT2D eigenvalue weighted by Gasteiger charge is 2.08. The molecule has 0 spiro atoms. The van der Waals surface area contributed by atoms with E-state index in [4.69, 9.17) is 5.73 Å². The Balaban J connectivity index is 2.41. The summed E-state index contributed by atoms with van der Waals surface area (Å²) in [7, 11) is 0. The molecule has 1 aromatic carbocycles. The first-order chi connectivity index (χ1) is 7.76. The molecule has 0 radical (unpaired) electrons. The first-order valence-corrected chi connectivity index (χ1v) is 5.59. The van der Waals surface area contributed by atoms with Crippen LogP contribution in [0.4, 0.5) is 10.5 Å². The number of nitrogens with one attached hydrogen (secondary N) is 2. The van der Waals surface area contributed by atoms with Crippen LogP contribution in [0.3, 0.4) is 0 Å². The zero-order valence-electron chi connectivity index (χ0n) is 9.57. The van der Waals surface area contributed by atoms with Crippen molar-refractivity contribution in [2.24, 2.45) is 5.73 Å². The Morgan fingerprint density at radius 3 is 2.62 bits per heavy atom. The number of amides is 2. The molecule has 2 amide bonds. The number of benzene rings is 1. The molecule has 0 saturated carbocycles. The molecular weight excluding hydrogens is 202 g/mol. The van der Waals surface area contributed by atoms with Gasteiger partial charge in [-0.2, -0.15) is 0 Å². The Kier molecular flexibility index (Phi) is 5.36. The van der Waals surface area contributed by atoms with Gasteiger partial charge in [0, 0.05) is 11.7 Å². The quantitative estimate of drug-likeness (QED) is 0.711. The minimum absolute atomic E-state index is 0.147. The van der Waals surface area contributed by atoms with Crippen molar-refractivity contribution in [3.63, 3.8) is 0 Å². The Labute approximate surface area is 96.2 Å². The standard InChI is InChI=1S/C12H19N3O/c1-2-10(8-9-13)14-12(16)15-11-6-4-3-5-7-11/h3-7,10H,2,8-9,13H2,1H3,(H2,14,15,16). The van der Waals surface area contributed by atoms with Gasteiger partial charge in [-0.05, 0) is 31.5 Å². The maximum atomic E-state index is 11.6. The van der Waals surface area contributed by atoms with Crippen molar-refractivity contribution < 1.29 is 4.79 Å². The summed E-state index contributed by atoms with van der Waals surface area (Å²) in [5.41, 5.74) is 6.26. The van der Waals surface area contributed by atoms with E-state index in [1.165, 1.54) is 0 Å². The largest absolute Gasteiger partial charge is 0.335 e. The highest BCUT2D eigenvalue weighted by molar-refractivity contribution is 5.89. The summed E-state index contributed by atoms with van der Waals surface area (Å²) >= 11 is 0. The predicted molar refractivity (Wildman–Crippen MR) is 66.3 cm³/mol. The normalized spacial score (nSPS) is 11.9. The highest BCUT2D eigenvalue weighted by Crippen LogP contribution is 2.05. The van der Waals surface area contributed by atoms with E-state index in [0.29, 0.717) is 6.54 Å². The van der Waals surface area contributed by atoms with Crippen LogP contribution >= 0.6 is 0 Å². The van der Waals surface area contributed by atoms with Crippen molar-refractivity contribution in [2.75, 3.05) is 11.9 Å². The number of para-hydroxylation sites is 1. The van der Waals surface area contributed by atoms with Crippen molar-refractivity contribution in [3.05, 3.63) is 30.3 Å². The number of hydrogen-bond donors (Lipinski definition) is 3. The van der Waals surface area contributed by atoms with Gasteiger partial charge in [-0.15, -0.1) is 0 Å². The highest BCUT2D eigenvalue weighted by atomic mass is 16.2. The molecule has 0 bridgehead atoms. The maximum Gasteiger partial charge on any atom is 0.319 e. The topological polar surface area (TPSA) is 67.1 Å². The van der Waals surface area contributed by atoms with Crippen LogP contribution < -0.4 is 16.4 Å². The zero-order chi connectivity index (χ0) is 11.8. The number of nitrogens with two attached hydrogens (primary N) is 1. The molecule has 1 aromatic rings. The van der Waals surface area contributed by atoms with Crippen LogP contribution in [0.2, 0.25) is 0 Å². The molecule has 0 heterocycles. The van der Waals surface area contributed by atoms with Gasteiger partial charge in [0.05, 0.1) is 0 Å². The second-order valence-corrected chi connectivity index (χ2v) is 3.65. The molecule has 4 N–H and O–H groups in total. The molecule has 0 fully saturated rings. The molecule has 0 saturated heterocycles. The van der Waals surface area contributed by atoms with Gasteiger partial charge in [0.15, 0.2) is 0 Å². The molecular formula is C12H19N3O. The molecule has 0 aliphatic rings. The Morgan fingerprint density at radius 1 is 1.38 bits per heavy atom. The summed E-state index contributed by atoms with van der Waals surface area (Å²) in [6.07, 6.45) is 1.69. The van der Waals surface area contributed by atoms with Crippen molar-refractivity contribution in [3.8, 4) is 0 Å². The summed E-state index contributed by atoms with van der Waals surface area (Å²) < 4.78 is 0. The fourth-order valence-corrected chi connectivity index (χ4v) is 1.45. The third-order valence-corrected chi connectivity index (χ3v) is 2.37. The Morgan fingerprint density at radius 2 is 2.06 bits per heavy atom. The minimum atomic E-state index is -0.175. The number of anilines is 1. The third-order valence-electron chi connectivity index (χ3n) is 2.37. The van der Waals surface area contributed by atoms with Crippen molar-refractivity contribution >= 4 is 11.7 Å². The lowest BCUT2D eigenvalue weighted by Crippen LogP contribution is -2.38. The molecule has 0 aromatic heterocycles. The van der Waals surface area contributed by atoms with Gasteiger partial charge < -0.3 is 16.4 Å². The van der Waals surface area contributed by atoms with Gasteiger partial charge >= 0.3 is 6.03 Å². The fourth-order valence-electron chi connectivity index (χ4n) is 1.45. The summed E-state index contributed by atoms with van der Waals surface area (Å²) in [5, 5.41) is 5.66. The maximum absolute atomic E-state index is 11.6. The number of carbonyl (C=O) groups is 1. The lowest BCUT2D eigenvalue weighted by Gasteiger charge is -2.16. The summed E-state index contributed by atoms with van der Waals surface area (Å²) in [6.45, 7) is 2.62. The number of hydrogen-bond acceptors (Lipinski definition) is 2. The SMILES string of the molecule is CCC(CCN)NC(=O)Nc1ccccc1. The third kappa shape index (κ3) is 4.31. The van der Waals surface area contributed by atoms with E-state index in [9.17, 15) is 4.79 Å². The molecule has 1 unspecified atom stereocenters. The molecule has 0 aliphatic carbocycles.